The molecule has 1 aromatic carbocycles. The van der Waals surface area contributed by atoms with Crippen LogP contribution in [0.3, 0.4) is 0 Å². The molecule has 0 aliphatic carbocycles. The molecule has 2 amide bonds. The maximum Gasteiger partial charge on any atom is 0.410 e. The van der Waals surface area contributed by atoms with E-state index in [0.717, 1.165) is 17.4 Å². The number of carbonyl (C=O) groups is 2. The van der Waals surface area contributed by atoms with Crippen LogP contribution in [0.5, 0.6) is 0 Å². The molecule has 2 aliphatic rings. The fourth-order valence-corrected chi connectivity index (χ4v) is 5.08. The topological polar surface area (TPSA) is 84.0 Å². The van der Waals surface area contributed by atoms with E-state index < -0.39 is 21.5 Å². The van der Waals surface area contributed by atoms with Crippen LogP contribution in [0.25, 0.3) is 6.08 Å². The number of hydrogen-bond donors (Lipinski definition) is 0. The summed E-state index contributed by atoms with van der Waals surface area (Å²) in [6.07, 6.45) is 3.38. The highest BCUT2D eigenvalue weighted by molar-refractivity contribution is 7.95. The molecule has 0 N–H and O–H groups in total. The van der Waals surface area contributed by atoms with Crippen LogP contribution in [-0.4, -0.2) is 67.8 Å². The van der Waals surface area contributed by atoms with E-state index in [9.17, 15) is 18.0 Å². The number of sulfone groups is 1. The van der Waals surface area contributed by atoms with Crippen molar-refractivity contribution >= 4 is 27.9 Å². The number of likely N-dealkylation sites (tertiary alicyclic amines) is 1. The molecule has 0 radical (unpaired) electrons. The molecule has 0 bridgehead atoms. The molecule has 2 saturated heterocycles. The van der Waals surface area contributed by atoms with Gasteiger partial charge in [-0.15, -0.1) is 0 Å². The summed E-state index contributed by atoms with van der Waals surface area (Å²) >= 11 is 0. The summed E-state index contributed by atoms with van der Waals surface area (Å²) in [5.74, 6) is -0.473. The van der Waals surface area contributed by atoms with Crippen molar-refractivity contribution in [3.63, 3.8) is 0 Å². The Morgan fingerprint density at radius 2 is 1.87 bits per heavy atom. The Labute approximate surface area is 178 Å². The van der Waals surface area contributed by atoms with Crippen molar-refractivity contribution in [1.29, 1.82) is 0 Å². The van der Waals surface area contributed by atoms with Crippen LogP contribution in [0.1, 0.15) is 38.7 Å². The SMILES string of the molecule is CC(C)CC1COC(=O)N1C1CCN(C(=O)CS(=O)(=O)C=Cc2ccccc2)CC1. The van der Waals surface area contributed by atoms with Gasteiger partial charge >= 0.3 is 6.09 Å². The Bertz CT molecular complexity index is 874. The van der Waals surface area contributed by atoms with Gasteiger partial charge in [0, 0.05) is 24.5 Å². The lowest BCUT2D eigenvalue weighted by Crippen LogP contribution is -2.50. The first-order valence-corrected chi connectivity index (χ1v) is 12.2. The van der Waals surface area contributed by atoms with Gasteiger partial charge in [0.15, 0.2) is 9.84 Å². The van der Waals surface area contributed by atoms with E-state index in [4.69, 9.17) is 4.74 Å². The number of piperidine rings is 1. The Balaban J connectivity index is 1.53. The fourth-order valence-electron chi connectivity index (χ4n) is 4.10. The zero-order valence-corrected chi connectivity index (χ0v) is 18.4. The van der Waals surface area contributed by atoms with E-state index in [2.05, 4.69) is 13.8 Å². The lowest BCUT2D eigenvalue weighted by Gasteiger charge is -2.38. The van der Waals surface area contributed by atoms with Gasteiger partial charge in [0.2, 0.25) is 5.91 Å². The van der Waals surface area contributed by atoms with Crippen LogP contribution in [0.2, 0.25) is 0 Å². The lowest BCUT2D eigenvalue weighted by atomic mass is 9.98. The minimum absolute atomic E-state index is 0.0300. The van der Waals surface area contributed by atoms with Crippen LogP contribution >= 0.6 is 0 Å². The van der Waals surface area contributed by atoms with E-state index in [1.165, 1.54) is 6.08 Å². The first-order chi connectivity index (χ1) is 14.2. The molecule has 0 spiro atoms. The number of nitrogens with zero attached hydrogens (tertiary/aromatic N) is 2. The molecule has 7 nitrogen and oxygen atoms in total. The van der Waals surface area contributed by atoms with E-state index in [1.807, 2.05) is 23.1 Å². The third-order valence-electron chi connectivity index (χ3n) is 5.55. The first-order valence-electron chi connectivity index (χ1n) is 10.4. The third kappa shape index (κ3) is 5.84. The van der Waals surface area contributed by atoms with Gasteiger partial charge in [0.1, 0.15) is 12.4 Å². The molecule has 0 aromatic heterocycles. The van der Waals surface area contributed by atoms with Crippen molar-refractivity contribution in [3.05, 3.63) is 41.3 Å². The predicted octanol–water partition coefficient (Wildman–Crippen LogP) is 2.93. The molecule has 164 valence electrons. The van der Waals surface area contributed by atoms with Gasteiger partial charge in [-0.05, 0) is 36.8 Å². The minimum Gasteiger partial charge on any atom is -0.447 e. The normalized spacial score (nSPS) is 20.9. The van der Waals surface area contributed by atoms with Gasteiger partial charge in [-0.25, -0.2) is 13.2 Å². The molecule has 0 saturated carbocycles. The molecule has 1 atom stereocenters. The second kappa shape index (κ2) is 9.64. The molecule has 30 heavy (non-hydrogen) atoms. The van der Waals surface area contributed by atoms with Gasteiger partial charge in [-0.1, -0.05) is 44.2 Å². The summed E-state index contributed by atoms with van der Waals surface area (Å²) in [6.45, 7) is 5.55. The lowest BCUT2D eigenvalue weighted by molar-refractivity contribution is -0.129. The van der Waals surface area contributed by atoms with Crippen LogP contribution in [0.4, 0.5) is 4.79 Å². The maximum absolute atomic E-state index is 12.5. The summed E-state index contributed by atoms with van der Waals surface area (Å²) in [6, 6.07) is 9.21. The van der Waals surface area contributed by atoms with E-state index in [1.54, 1.807) is 17.0 Å². The maximum atomic E-state index is 12.5. The smallest absolute Gasteiger partial charge is 0.410 e. The summed E-state index contributed by atoms with van der Waals surface area (Å²) in [5.41, 5.74) is 0.766. The van der Waals surface area contributed by atoms with E-state index >= 15 is 0 Å². The zero-order valence-electron chi connectivity index (χ0n) is 17.6. The Morgan fingerprint density at radius 3 is 2.50 bits per heavy atom. The average Bonchev–Trinajstić information content (AvgIpc) is 3.06. The van der Waals surface area contributed by atoms with E-state index in [-0.39, 0.29) is 18.2 Å². The van der Waals surface area contributed by atoms with Crippen molar-refractivity contribution < 1.29 is 22.7 Å². The minimum atomic E-state index is -3.64. The Morgan fingerprint density at radius 1 is 1.20 bits per heavy atom. The molecule has 2 heterocycles. The number of rotatable bonds is 7. The predicted molar refractivity (Wildman–Crippen MR) is 115 cm³/mol. The number of amides is 2. The van der Waals surface area contributed by atoms with Crippen LogP contribution in [0.15, 0.2) is 35.7 Å². The Kier molecular flexibility index (Phi) is 7.18. The molecular formula is C22H30N2O5S. The molecule has 2 aliphatic heterocycles. The van der Waals surface area contributed by atoms with Crippen LogP contribution < -0.4 is 0 Å². The monoisotopic (exact) mass is 434 g/mol. The van der Waals surface area contributed by atoms with Crippen molar-refractivity contribution in [1.82, 2.24) is 9.80 Å². The standard InChI is InChI=1S/C22H30N2O5S/c1-17(2)14-20-15-29-22(26)24(20)19-8-11-23(12-9-19)21(25)16-30(27,28)13-10-18-6-4-3-5-7-18/h3-7,10,13,17,19-20H,8-9,11-12,14-16H2,1-2H3. The fraction of sp³-hybridized carbons (Fsp3) is 0.545. The summed E-state index contributed by atoms with van der Waals surface area (Å²) in [7, 11) is -3.64. The molecule has 1 aromatic rings. The molecule has 8 heteroatoms. The third-order valence-corrected chi connectivity index (χ3v) is 6.75. The first kappa shape index (κ1) is 22.3. The quantitative estimate of drug-likeness (QED) is 0.659. The van der Waals surface area contributed by atoms with Crippen molar-refractivity contribution in [2.24, 2.45) is 5.92 Å². The second-order valence-electron chi connectivity index (χ2n) is 8.40. The summed E-state index contributed by atoms with van der Waals surface area (Å²) in [5, 5.41) is 1.10. The number of ether oxygens (including phenoxy) is 1. The second-order valence-corrected chi connectivity index (χ2v) is 10.3. The highest BCUT2D eigenvalue weighted by Gasteiger charge is 2.40. The molecular weight excluding hydrogens is 404 g/mol. The number of carbonyl (C=O) groups excluding carboxylic acids is 2. The van der Waals surface area contributed by atoms with Crippen LogP contribution in [-0.2, 0) is 19.4 Å². The van der Waals surface area contributed by atoms with Crippen molar-refractivity contribution in [2.75, 3.05) is 25.4 Å². The van der Waals surface area contributed by atoms with Crippen molar-refractivity contribution in [2.45, 2.75) is 45.2 Å². The number of hydrogen-bond acceptors (Lipinski definition) is 5. The largest absolute Gasteiger partial charge is 0.447 e. The van der Waals surface area contributed by atoms with Crippen LogP contribution in [0, 0.1) is 5.92 Å². The van der Waals surface area contributed by atoms with Gasteiger partial charge in [0.25, 0.3) is 0 Å². The highest BCUT2D eigenvalue weighted by Crippen LogP contribution is 2.27. The zero-order chi connectivity index (χ0) is 21.7. The highest BCUT2D eigenvalue weighted by atomic mass is 32.2. The molecule has 2 fully saturated rings. The van der Waals surface area contributed by atoms with Crippen molar-refractivity contribution in [3.8, 4) is 0 Å². The molecule has 3 rings (SSSR count). The van der Waals surface area contributed by atoms with Gasteiger partial charge in [0.05, 0.1) is 6.04 Å². The Hall–Kier alpha value is -2.35. The van der Waals surface area contributed by atoms with Gasteiger partial charge < -0.3 is 9.64 Å². The average molecular weight is 435 g/mol. The number of benzene rings is 1. The van der Waals surface area contributed by atoms with Gasteiger partial charge in [-0.2, -0.15) is 0 Å². The number of cyclic esters (lactones) is 1. The summed E-state index contributed by atoms with van der Waals surface area (Å²) < 4.78 is 29.9. The van der Waals surface area contributed by atoms with Gasteiger partial charge in [-0.3, -0.25) is 9.69 Å². The van der Waals surface area contributed by atoms with E-state index in [0.29, 0.717) is 38.5 Å². The molecule has 1 unspecified atom stereocenters. The summed E-state index contributed by atoms with van der Waals surface area (Å²) in [4.78, 5) is 28.1.